The molecule has 1 aliphatic heterocycles. The van der Waals surface area contributed by atoms with Crippen molar-refractivity contribution in [3.8, 4) is 5.75 Å². The first-order chi connectivity index (χ1) is 14.2. The lowest BCUT2D eigenvalue weighted by Crippen LogP contribution is -2.39. The number of urea groups is 1. The summed E-state index contributed by atoms with van der Waals surface area (Å²) < 4.78 is 5.84. The Balaban J connectivity index is 1.74. The SMILES string of the molecule is CC(C)C(N)=NC(=O)N1CCC([C@H](C)CCOc2ccc([C@H](C)C(=O)O)cc2)CC1. The van der Waals surface area contributed by atoms with Crippen molar-refractivity contribution < 1.29 is 19.4 Å². The number of benzene rings is 1. The van der Waals surface area contributed by atoms with Gasteiger partial charge in [-0.25, -0.2) is 4.79 Å². The third kappa shape index (κ3) is 6.75. The third-order valence-corrected chi connectivity index (χ3v) is 6.02. The van der Waals surface area contributed by atoms with E-state index < -0.39 is 11.9 Å². The summed E-state index contributed by atoms with van der Waals surface area (Å²) in [5, 5.41) is 9.07. The summed E-state index contributed by atoms with van der Waals surface area (Å²) in [4.78, 5) is 29.1. The zero-order valence-corrected chi connectivity index (χ0v) is 18.5. The van der Waals surface area contributed by atoms with E-state index in [0.717, 1.165) is 30.6 Å². The zero-order valence-electron chi connectivity index (χ0n) is 18.5. The van der Waals surface area contributed by atoms with E-state index in [1.54, 1.807) is 24.0 Å². The Labute approximate surface area is 179 Å². The minimum atomic E-state index is -0.833. The molecule has 2 atom stereocenters. The summed E-state index contributed by atoms with van der Waals surface area (Å²) in [5.41, 5.74) is 6.57. The smallest absolute Gasteiger partial charge is 0.345 e. The van der Waals surface area contributed by atoms with Crippen LogP contribution < -0.4 is 10.5 Å². The van der Waals surface area contributed by atoms with Crippen LogP contribution in [0.5, 0.6) is 5.75 Å². The number of aliphatic carboxylic acids is 1. The Bertz CT molecular complexity index is 737. The Morgan fingerprint density at radius 3 is 2.30 bits per heavy atom. The lowest BCUT2D eigenvalue weighted by molar-refractivity contribution is -0.138. The number of piperidine rings is 1. The second kappa shape index (κ2) is 11.0. The predicted molar refractivity (Wildman–Crippen MR) is 118 cm³/mol. The highest BCUT2D eigenvalue weighted by molar-refractivity contribution is 5.93. The van der Waals surface area contributed by atoms with Crippen LogP contribution in [0.1, 0.15) is 58.4 Å². The summed E-state index contributed by atoms with van der Waals surface area (Å²) in [5.74, 6) is 0.913. The minimum absolute atomic E-state index is 0.0725. The van der Waals surface area contributed by atoms with E-state index in [-0.39, 0.29) is 11.9 Å². The van der Waals surface area contributed by atoms with Crippen molar-refractivity contribution in [1.82, 2.24) is 4.90 Å². The van der Waals surface area contributed by atoms with E-state index >= 15 is 0 Å². The Morgan fingerprint density at radius 2 is 1.77 bits per heavy atom. The van der Waals surface area contributed by atoms with Gasteiger partial charge in [-0.1, -0.05) is 32.9 Å². The molecule has 3 N–H and O–H groups in total. The van der Waals surface area contributed by atoms with Crippen molar-refractivity contribution in [1.29, 1.82) is 0 Å². The molecule has 0 unspecified atom stereocenters. The number of amides is 2. The number of hydrogen-bond acceptors (Lipinski definition) is 3. The normalized spacial score (nSPS) is 17.6. The van der Waals surface area contributed by atoms with Crippen molar-refractivity contribution in [3.63, 3.8) is 0 Å². The first kappa shape index (κ1) is 23.7. The van der Waals surface area contributed by atoms with Crippen molar-refractivity contribution in [2.75, 3.05) is 19.7 Å². The number of aliphatic imine (C=N–C) groups is 1. The average molecular weight is 418 g/mol. The summed E-state index contributed by atoms with van der Waals surface area (Å²) in [7, 11) is 0. The van der Waals surface area contributed by atoms with Crippen molar-refractivity contribution in [2.24, 2.45) is 28.5 Å². The maximum absolute atomic E-state index is 12.2. The number of carboxylic acid groups (broad SMARTS) is 1. The molecule has 7 heteroatoms. The summed E-state index contributed by atoms with van der Waals surface area (Å²) in [6.07, 6.45) is 2.86. The maximum Gasteiger partial charge on any atom is 0.345 e. The molecule has 7 nitrogen and oxygen atoms in total. The largest absolute Gasteiger partial charge is 0.494 e. The molecule has 1 aliphatic rings. The Morgan fingerprint density at radius 1 is 1.17 bits per heavy atom. The van der Waals surface area contributed by atoms with Gasteiger partial charge in [-0.3, -0.25) is 4.79 Å². The average Bonchev–Trinajstić information content (AvgIpc) is 2.73. The molecule has 2 rings (SSSR count). The molecule has 0 aromatic heterocycles. The van der Waals surface area contributed by atoms with Gasteiger partial charge in [0, 0.05) is 19.0 Å². The fourth-order valence-electron chi connectivity index (χ4n) is 3.56. The standard InChI is InChI=1S/C23H35N3O4/c1-15(2)21(24)25-23(29)26-12-9-18(10-13-26)16(3)11-14-30-20-7-5-19(6-8-20)17(4)22(27)28/h5-8,15-18H,9-14H2,1-4H3,(H,27,28)(H2,24,25,29)/t16-,17+/m1/s1. The first-order valence-electron chi connectivity index (χ1n) is 10.8. The number of carbonyl (C=O) groups is 2. The molecule has 0 saturated carbocycles. The molecule has 1 aromatic carbocycles. The number of carbonyl (C=O) groups excluding carboxylic acids is 1. The molecule has 1 heterocycles. The minimum Gasteiger partial charge on any atom is -0.494 e. The van der Waals surface area contributed by atoms with Crippen LogP contribution in [0.3, 0.4) is 0 Å². The Kier molecular flexibility index (Phi) is 8.69. The van der Waals surface area contributed by atoms with Crippen molar-refractivity contribution in [2.45, 2.75) is 52.9 Å². The summed E-state index contributed by atoms with van der Waals surface area (Å²) in [6, 6.07) is 7.04. The first-order valence-corrected chi connectivity index (χ1v) is 10.8. The quantitative estimate of drug-likeness (QED) is 0.489. The highest BCUT2D eigenvalue weighted by Gasteiger charge is 2.26. The number of amidine groups is 1. The van der Waals surface area contributed by atoms with Gasteiger partial charge in [0.25, 0.3) is 0 Å². The highest BCUT2D eigenvalue weighted by atomic mass is 16.5. The molecule has 1 aromatic rings. The van der Waals surface area contributed by atoms with Crippen LogP contribution in [0.25, 0.3) is 0 Å². The van der Waals surface area contributed by atoms with Crippen LogP contribution in [-0.2, 0) is 4.79 Å². The van der Waals surface area contributed by atoms with Gasteiger partial charge in [-0.05, 0) is 55.7 Å². The molecule has 0 aliphatic carbocycles. The van der Waals surface area contributed by atoms with Gasteiger partial charge in [0.1, 0.15) is 11.6 Å². The van der Waals surface area contributed by atoms with Gasteiger partial charge < -0.3 is 20.5 Å². The van der Waals surface area contributed by atoms with Gasteiger partial charge in [-0.15, -0.1) is 0 Å². The van der Waals surface area contributed by atoms with Gasteiger partial charge in [0.15, 0.2) is 0 Å². The molecule has 1 saturated heterocycles. The molecule has 30 heavy (non-hydrogen) atoms. The monoisotopic (exact) mass is 417 g/mol. The lowest BCUT2D eigenvalue weighted by atomic mass is 9.84. The number of nitrogens with two attached hydrogens (primary N) is 1. The lowest BCUT2D eigenvalue weighted by Gasteiger charge is -2.34. The number of carboxylic acids is 1. The zero-order chi connectivity index (χ0) is 22.3. The second-order valence-electron chi connectivity index (χ2n) is 8.54. The van der Waals surface area contributed by atoms with Crippen LogP contribution >= 0.6 is 0 Å². The van der Waals surface area contributed by atoms with Gasteiger partial charge in [0.2, 0.25) is 0 Å². The van der Waals surface area contributed by atoms with Crippen LogP contribution in [0.15, 0.2) is 29.3 Å². The number of ether oxygens (including phenoxy) is 1. The van der Waals surface area contributed by atoms with Crippen LogP contribution in [0.2, 0.25) is 0 Å². The molecular weight excluding hydrogens is 382 g/mol. The number of likely N-dealkylation sites (tertiary alicyclic amines) is 1. The number of hydrogen-bond donors (Lipinski definition) is 2. The van der Waals surface area contributed by atoms with Gasteiger partial charge in [0.05, 0.1) is 12.5 Å². The highest BCUT2D eigenvalue weighted by Crippen LogP contribution is 2.28. The molecular formula is C23H35N3O4. The fraction of sp³-hybridized carbons (Fsp3) is 0.609. The molecule has 0 radical (unpaired) electrons. The van der Waals surface area contributed by atoms with E-state index in [0.29, 0.717) is 37.4 Å². The summed E-state index contributed by atoms with van der Waals surface area (Å²) >= 11 is 0. The van der Waals surface area contributed by atoms with E-state index in [2.05, 4.69) is 11.9 Å². The van der Waals surface area contributed by atoms with Crippen molar-refractivity contribution in [3.05, 3.63) is 29.8 Å². The van der Waals surface area contributed by atoms with E-state index in [9.17, 15) is 9.59 Å². The predicted octanol–water partition coefficient (Wildman–Crippen LogP) is 4.12. The topological polar surface area (TPSA) is 105 Å². The van der Waals surface area contributed by atoms with Crippen molar-refractivity contribution >= 4 is 17.8 Å². The summed E-state index contributed by atoms with van der Waals surface area (Å²) in [6.45, 7) is 9.80. The molecule has 0 spiro atoms. The van der Waals surface area contributed by atoms with Gasteiger partial charge in [-0.2, -0.15) is 4.99 Å². The molecule has 2 amide bonds. The van der Waals surface area contributed by atoms with E-state index in [1.165, 1.54) is 0 Å². The number of rotatable bonds is 8. The second-order valence-corrected chi connectivity index (χ2v) is 8.54. The maximum atomic E-state index is 12.2. The fourth-order valence-corrected chi connectivity index (χ4v) is 3.56. The molecule has 1 fully saturated rings. The van der Waals surface area contributed by atoms with Crippen LogP contribution in [0, 0.1) is 17.8 Å². The van der Waals surface area contributed by atoms with E-state index in [1.807, 2.05) is 26.0 Å². The number of nitrogens with zero attached hydrogens (tertiary/aromatic N) is 2. The van der Waals surface area contributed by atoms with Gasteiger partial charge >= 0.3 is 12.0 Å². The van der Waals surface area contributed by atoms with Crippen LogP contribution in [0.4, 0.5) is 4.79 Å². The van der Waals surface area contributed by atoms with Crippen LogP contribution in [-0.4, -0.2) is 47.5 Å². The molecule has 166 valence electrons. The molecule has 0 bridgehead atoms. The Hall–Kier alpha value is -2.57. The third-order valence-electron chi connectivity index (χ3n) is 6.02. The van der Waals surface area contributed by atoms with E-state index in [4.69, 9.17) is 15.6 Å².